The van der Waals surface area contributed by atoms with Crippen molar-refractivity contribution in [3.8, 4) is 5.75 Å². The van der Waals surface area contributed by atoms with Crippen LogP contribution in [0.3, 0.4) is 0 Å². The molecule has 0 atom stereocenters. The summed E-state index contributed by atoms with van der Waals surface area (Å²) in [4.78, 5) is 10.9. The van der Waals surface area contributed by atoms with E-state index in [0.29, 0.717) is 5.75 Å². The van der Waals surface area contributed by atoms with Crippen LogP contribution in [-0.2, 0) is 16.0 Å². The molecule has 2 aromatic rings. The number of hydrogen-bond donors (Lipinski definition) is 0. The number of benzene rings is 2. The zero-order valence-corrected chi connectivity index (χ0v) is 17.9. The van der Waals surface area contributed by atoms with Gasteiger partial charge in [-0.2, -0.15) is 10.2 Å². The SMILES string of the molecule is C=CC(=O)OCCOc1ccc(N=Nc2ccc(CCCCCCCC)cc2)cc1. The first-order valence-electron chi connectivity index (χ1n) is 10.7. The maximum Gasteiger partial charge on any atom is 0.330 e. The van der Waals surface area contributed by atoms with Gasteiger partial charge in [-0.25, -0.2) is 4.79 Å². The average molecular weight is 409 g/mol. The van der Waals surface area contributed by atoms with Gasteiger partial charge in [0.2, 0.25) is 0 Å². The van der Waals surface area contributed by atoms with Crippen molar-refractivity contribution in [1.29, 1.82) is 0 Å². The quantitative estimate of drug-likeness (QED) is 0.145. The predicted molar refractivity (Wildman–Crippen MR) is 121 cm³/mol. The fourth-order valence-corrected chi connectivity index (χ4v) is 2.92. The van der Waals surface area contributed by atoms with E-state index >= 15 is 0 Å². The highest BCUT2D eigenvalue weighted by Crippen LogP contribution is 2.22. The van der Waals surface area contributed by atoms with Crippen LogP contribution in [0.4, 0.5) is 11.4 Å². The van der Waals surface area contributed by atoms with Gasteiger partial charge in [0.15, 0.2) is 0 Å². The summed E-state index contributed by atoms with van der Waals surface area (Å²) >= 11 is 0. The standard InChI is InChI=1S/C25H32N2O3/c1-3-5-6-7-8-9-10-21-11-13-22(14-12-21)26-27-23-15-17-24(18-16-23)29-19-20-30-25(28)4-2/h4,11-18H,2-3,5-10,19-20H2,1H3. The summed E-state index contributed by atoms with van der Waals surface area (Å²) in [6.45, 7) is 6.05. The second-order valence-corrected chi connectivity index (χ2v) is 7.10. The van der Waals surface area contributed by atoms with Crippen LogP contribution in [0.15, 0.2) is 71.4 Å². The number of hydrogen-bond acceptors (Lipinski definition) is 5. The summed E-state index contributed by atoms with van der Waals surface area (Å²) in [6, 6.07) is 15.6. The predicted octanol–water partition coefficient (Wildman–Crippen LogP) is 7.11. The Morgan fingerprint density at radius 1 is 0.867 bits per heavy atom. The van der Waals surface area contributed by atoms with E-state index in [1.54, 1.807) is 0 Å². The molecule has 0 heterocycles. The van der Waals surface area contributed by atoms with Gasteiger partial charge < -0.3 is 9.47 Å². The molecule has 0 aliphatic carbocycles. The van der Waals surface area contributed by atoms with Crippen LogP contribution in [0.1, 0.15) is 51.0 Å². The lowest BCUT2D eigenvalue weighted by Gasteiger charge is -2.06. The lowest BCUT2D eigenvalue weighted by atomic mass is 10.0. The number of carbonyl (C=O) groups excluding carboxylic acids is 1. The van der Waals surface area contributed by atoms with Crippen LogP contribution in [0.25, 0.3) is 0 Å². The summed E-state index contributed by atoms with van der Waals surface area (Å²) in [5.41, 5.74) is 2.94. The third-order valence-corrected chi connectivity index (χ3v) is 4.64. The molecule has 0 saturated heterocycles. The first-order valence-corrected chi connectivity index (χ1v) is 10.7. The van der Waals surface area contributed by atoms with Crippen molar-refractivity contribution in [2.24, 2.45) is 10.2 Å². The molecule has 0 fully saturated rings. The van der Waals surface area contributed by atoms with Gasteiger partial charge in [-0.15, -0.1) is 0 Å². The van der Waals surface area contributed by atoms with Gasteiger partial charge in [0.05, 0.1) is 11.4 Å². The van der Waals surface area contributed by atoms with E-state index < -0.39 is 5.97 Å². The molecule has 0 aliphatic rings. The molecule has 0 saturated carbocycles. The fourth-order valence-electron chi connectivity index (χ4n) is 2.92. The van der Waals surface area contributed by atoms with Gasteiger partial charge in [0.25, 0.3) is 0 Å². The number of rotatable bonds is 14. The normalized spacial score (nSPS) is 10.8. The minimum atomic E-state index is -0.454. The van der Waals surface area contributed by atoms with Gasteiger partial charge in [0, 0.05) is 6.08 Å². The lowest BCUT2D eigenvalue weighted by molar-refractivity contribution is -0.138. The molecular weight excluding hydrogens is 376 g/mol. The molecular formula is C25H32N2O3. The number of carbonyl (C=O) groups is 1. The average Bonchev–Trinajstić information content (AvgIpc) is 2.79. The highest BCUT2D eigenvalue weighted by Gasteiger charge is 1.99. The van der Waals surface area contributed by atoms with Crippen molar-refractivity contribution in [3.05, 3.63) is 66.7 Å². The molecule has 2 aromatic carbocycles. The van der Waals surface area contributed by atoms with Crippen LogP contribution in [-0.4, -0.2) is 19.2 Å². The Morgan fingerprint density at radius 3 is 2.10 bits per heavy atom. The molecule has 2 rings (SSSR count). The molecule has 0 bridgehead atoms. The molecule has 0 unspecified atom stereocenters. The van der Waals surface area contributed by atoms with E-state index in [9.17, 15) is 4.79 Å². The molecule has 0 amide bonds. The van der Waals surface area contributed by atoms with Gasteiger partial charge in [-0.05, 0) is 54.8 Å². The largest absolute Gasteiger partial charge is 0.490 e. The van der Waals surface area contributed by atoms with Crippen molar-refractivity contribution in [2.75, 3.05) is 13.2 Å². The van der Waals surface area contributed by atoms with Crippen molar-refractivity contribution in [1.82, 2.24) is 0 Å². The number of ether oxygens (including phenoxy) is 2. The van der Waals surface area contributed by atoms with Gasteiger partial charge in [-0.1, -0.05) is 57.7 Å². The number of nitrogens with zero attached hydrogens (tertiary/aromatic N) is 2. The van der Waals surface area contributed by atoms with Crippen LogP contribution < -0.4 is 4.74 Å². The molecule has 5 heteroatoms. The third kappa shape index (κ3) is 9.50. The fraction of sp³-hybridized carbons (Fsp3) is 0.400. The number of aryl methyl sites for hydroxylation is 1. The summed E-state index contributed by atoms with van der Waals surface area (Å²) in [6.07, 6.45) is 10.1. The molecule has 160 valence electrons. The van der Waals surface area contributed by atoms with Gasteiger partial charge in [-0.3, -0.25) is 0 Å². The Bertz CT molecular complexity index is 783. The Balaban J connectivity index is 1.72. The van der Waals surface area contributed by atoms with Crippen LogP contribution in [0.2, 0.25) is 0 Å². The molecule has 0 radical (unpaired) electrons. The van der Waals surface area contributed by atoms with E-state index in [1.807, 2.05) is 36.4 Å². The smallest absolute Gasteiger partial charge is 0.330 e. The Hall–Kier alpha value is -2.95. The zero-order valence-electron chi connectivity index (χ0n) is 17.9. The van der Waals surface area contributed by atoms with E-state index in [-0.39, 0.29) is 13.2 Å². The molecule has 0 aliphatic heterocycles. The molecule has 5 nitrogen and oxygen atoms in total. The van der Waals surface area contributed by atoms with Gasteiger partial charge >= 0.3 is 5.97 Å². The monoisotopic (exact) mass is 408 g/mol. The lowest BCUT2D eigenvalue weighted by Crippen LogP contribution is -2.09. The summed E-state index contributed by atoms with van der Waals surface area (Å²) in [7, 11) is 0. The first kappa shape index (κ1) is 23.3. The zero-order chi connectivity index (χ0) is 21.4. The van der Waals surface area contributed by atoms with E-state index in [1.165, 1.54) is 44.1 Å². The van der Waals surface area contributed by atoms with Crippen LogP contribution in [0.5, 0.6) is 5.75 Å². The maximum atomic E-state index is 10.9. The maximum absolute atomic E-state index is 10.9. The van der Waals surface area contributed by atoms with Crippen molar-refractivity contribution in [2.45, 2.75) is 51.9 Å². The number of azo groups is 1. The minimum Gasteiger partial charge on any atom is -0.490 e. The summed E-state index contributed by atoms with van der Waals surface area (Å²) in [5, 5.41) is 8.57. The Morgan fingerprint density at radius 2 is 1.47 bits per heavy atom. The second-order valence-electron chi connectivity index (χ2n) is 7.10. The van der Waals surface area contributed by atoms with E-state index in [4.69, 9.17) is 9.47 Å². The first-order chi connectivity index (χ1) is 14.7. The highest BCUT2D eigenvalue weighted by molar-refractivity contribution is 5.81. The minimum absolute atomic E-state index is 0.182. The van der Waals surface area contributed by atoms with Crippen LogP contribution in [0, 0.1) is 0 Å². The highest BCUT2D eigenvalue weighted by atomic mass is 16.6. The molecule has 0 aromatic heterocycles. The Labute approximate surface area is 179 Å². The van der Waals surface area contributed by atoms with E-state index in [0.717, 1.165) is 23.9 Å². The summed E-state index contributed by atoms with van der Waals surface area (Å²) < 4.78 is 10.4. The molecule has 0 spiro atoms. The molecule has 30 heavy (non-hydrogen) atoms. The van der Waals surface area contributed by atoms with Crippen molar-refractivity contribution >= 4 is 17.3 Å². The van der Waals surface area contributed by atoms with E-state index in [2.05, 4.69) is 35.9 Å². The number of unbranched alkanes of at least 4 members (excludes halogenated alkanes) is 5. The summed E-state index contributed by atoms with van der Waals surface area (Å²) in [5.74, 6) is 0.229. The van der Waals surface area contributed by atoms with Gasteiger partial charge in [0.1, 0.15) is 19.0 Å². The topological polar surface area (TPSA) is 60.2 Å². The Kier molecular flexibility index (Phi) is 11.0. The van der Waals surface area contributed by atoms with Crippen LogP contribution >= 0.6 is 0 Å². The molecule has 0 N–H and O–H groups in total. The van der Waals surface area contributed by atoms with Crippen molar-refractivity contribution < 1.29 is 14.3 Å². The number of esters is 1. The van der Waals surface area contributed by atoms with Crippen molar-refractivity contribution in [3.63, 3.8) is 0 Å². The third-order valence-electron chi connectivity index (χ3n) is 4.64. The second kappa shape index (κ2) is 14.1.